The number of sulfonamides is 1. The lowest BCUT2D eigenvalue weighted by Gasteiger charge is -2.26. The van der Waals surface area contributed by atoms with Gasteiger partial charge in [-0.2, -0.15) is 4.31 Å². The summed E-state index contributed by atoms with van der Waals surface area (Å²) < 4.78 is 31.9. The van der Waals surface area contributed by atoms with Crippen LogP contribution < -0.4 is 5.32 Å². The molecule has 1 amide bonds. The molecule has 1 heterocycles. The number of hydrogen-bond acceptors (Lipinski definition) is 5. The highest BCUT2D eigenvalue weighted by Gasteiger charge is 2.27. The molecular weight excluding hydrogens is 354 g/mol. The molecule has 2 rings (SSSR count). The topological polar surface area (TPSA) is 79.0 Å². The maximum absolute atomic E-state index is 12.6. The first-order valence-electron chi connectivity index (χ1n) is 7.55. The van der Waals surface area contributed by atoms with E-state index in [4.69, 9.17) is 4.74 Å². The van der Waals surface area contributed by atoms with Gasteiger partial charge in [0, 0.05) is 38.8 Å². The molecule has 0 atom stereocenters. The normalized spacial score (nSPS) is 15.6. The van der Waals surface area contributed by atoms with Gasteiger partial charge in [0.2, 0.25) is 10.0 Å². The number of rotatable bonds is 6. The van der Waals surface area contributed by atoms with Crippen molar-refractivity contribution in [2.24, 2.45) is 0 Å². The van der Waals surface area contributed by atoms with Crippen LogP contribution in [0.15, 0.2) is 29.2 Å². The van der Waals surface area contributed by atoms with Crippen molar-refractivity contribution in [3.8, 4) is 0 Å². The number of carbonyl (C=O) groups excluding carboxylic acids is 1. The van der Waals surface area contributed by atoms with Gasteiger partial charge in [-0.3, -0.25) is 4.79 Å². The molecule has 7 nitrogen and oxygen atoms in total. The zero-order valence-corrected chi connectivity index (χ0v) is 15.5. The zero-order chi connectivity index (χ0) is 16.9. The smallest absolute Gasteiger partial charge is 0.253 e. The highest BCUT2D eigenvalue weighted by atomic mass is 35.5. The minimum atomic E-state index is -3.59. The van der Waals surface area contributed by atoms with Crippen molar-refractivity contribution >= 4 is 28.3 Å². The van der Waals surface area contributed by atoms with Crippen molar-refractivity contribution in [2.75, 3.05) is 53.5 Å². The molecule has 9 heteroatoms. The molecular formula is C15H24ClN3O4S. The molecule has 0 bridgehead atoms. The number of halogens is 1. The summed E-state index contributed by atoms with van der Waals surface area (Å²) in [6, 6.07) is 6.21. The Kier molecular flexibility index (Phi) is 8.11. The average Bonchev–Trinajstić information content (AvgIpc) is 2.59. The summed E-state index contributed by atoms with van der Waals surface area (Å²) in [4.78, 5) is 14.1. The Bertz CT molecular complexity index is 648. The maximum atomic E-state index is 12.6. The fraction of sp³-hybridized carbons (Fsp3) is 0.533. The molecule has 1 saturated heterocycles. The molecule has 1 aromatic carbocycles. The van der Waals surface area contributed by atoms with Crippen molar-refractivity contribution in [3.63, 3.8) is 0 Å². The monoisotopic (exact) mass is 377 g/mol. The van der Waals surface area contributed by atoms with Gasteiger partial charge in [-0.25, -0.2) is 8.42 Å². The lowest BCUT2D eigenvalue weighted by atomic mass is 10.2. The number of morpholine rings is 1. The number of amides is 1. The Labute approximate surface area is 149 Å². The molecule has 1 aliphatic rings. The van der Waals surface area contributed by atoms with Gasteiger partial charge in [0.05, 0.1) is 18.1 Å². The third kappa shape index (κ3) is 4.90. The van der Waals surface area contributed by atoms with Gasteiger partial charge in [0.25, 0.3) is 5.91 Å². The van der Waals surface area contributed by atoms with E-state index in [0.29, 0.717) is 45.0 Å². The number of benzene rings is 1. The predicted octanol–water partition coefficient (Wildman–Crippen LogP) is 0.421. The zero-order valence-electron chi connectivity index (χ0n) is 13.9. The molecule has 1 aromatic rings. The van der Waals surface area contributed by atoms with Gasteiger partial charge in [0.15, 0.2) is 0 Å². The van der Waals surface area contributed by atoms with Gasteiger partial charge >= 0.3 is 0 Å². The van der Waals surface area contributed by atoms with E-state index in [9.17, 15) is 13.2 Å². The molecule has 24 heavy (non-hydrogen) atoms. The Morgan fingerprint density at radius 2 is 2.00 bits per heavy atom. The van der Waals surface area contributed by atoms with Crippen LogP contribution in [0.5, 0.6) is 0 Å². The van der Waals surface area contributed by atoms with Crippen LogP contribution >= 0.6 is 12.4 Å². The van der Waals surface area contributed by atoms with E-state index in [1.54, 1.807) is 24.1 Å². The predicted molar refractivity (Wildman–Crippen MR) is 94.2 cm³/mol. The first-order valence-corrected chi connectivity index (χ1v) is 8.99. The lowest BCUT2D eigenvalue weighted by Crippen LogP contribution is -2.40. The average molecular weight is 378 g/mol. The van der Waals surface area contributed by atoms with Gasteiger partial charge in [0.1, 0.15) is 0 Å². The van der Waals surface area contributed by atoms with Crippen LogP contribution in [0.25, 0.3) is 0 Å². The number of nitrogens with one attached hydrogen (secondary N) is 1. The standard InChI is InChI=1S/C15H23N3O4S.ClH/c1-16-6-7-17(2)15(19)13-4-3-5-14(12-13)23(20,21)18-8-10-22-11-9-18;/h3-5,12,16H,6-11H2,1-2H3;1H. The molecule has 0 aliphatic carbocycles. The van der Waals surface area contributed by atoms with Crippen molar-refractivity contribution in [2.45, 2.75) is 4.90 Å². The van der Waals surface area contributed by atoms with Crippen LogP contribution in [-0.4, -0.2) is 77.0 Å². The fourth-order valence-corrected chi connectivity index (χ4v) is 3.78. The minimum Gasteiger partial charge on any atom is -0.379 e. The van der Waals surface area contributed by atoms with E-state index >= 15 is 0 Å². The van der Waals surface area contributed by atoms with E-state index in [-0.39, 0.29) is 23.2 Å². The first kappa shape index (κ1) is 20.9. The Balaban J connectivity index is 0.00000288. The maximum Gasteiger partial charge on any atom is 0.253 e. The molecule has 1 N–H and O–H groups in total. The summed E-state index contributed by atoms with van der Waals surface area (Å²) in [5.74, 6) is -0.195. The number of likely N-dealkylation sites (N-methyl/N-ethyl adjacent to an activating group) is 2. The van der Waals surface area contributed by atoms with Gasteiger partial charge in [-0.15, -0.1) is 12.4 Å². The van der Waals surface area contributed by atoms with E-state index in [1.807, 2.05) is 7.05 Å². The van der Waals surface area contributed by atoms with Crippen molar-refractivity contribution in [1.29, 1.82) is 0 Å². The largest absolute Gasteiger partial charge is 0.379 e. The summed E-state index contributed by atoms with van der Waals surface area (Å²) in [5.41, 5.74) is 0.373. The lowest BCUT2D eigenvalue weighted by molar-refractivity contribution is 0.0730. The first-order chi connectivity index (χ1) is 11.0. The summed E-state index contributed by atoms with van der Waals surface area (Å²) in [7, 11) is -0.0799. The molecule has 0 radical (unpaired) electrons. The van der Waals surface area contributed by atoms with Crippen molar-refractivity contribution in [3.05, 3.63) is 29.8 Å². The van der Waals surface area contributed by atoms with Crippen LogP contribution in [0.2, 0.25) is 0 Å². The van der Waals surface area contributed by atoms with Crippen molar-refractivity contribution in [1.82, 2.24) is 14.5 Å². The summed E-state index contributed by atoms with van der Waals surface area (Å²) >= 11 is 0. The second kappa shape index (κ2) is 9.33. The Morgan fingerprint density at radius 1 is 1.33 bits per heavy atom. The number of hydrogen-bond donors (Lipinski definition) is 1. The molecule has 1 fully saturated rings. The van der Waals surface area contributed by atoms with Crippen LogP contribution in [0.3, 0.4) is 0 Å². The van der Waals surface area contributed by atoms with Crippen molar-refractivity contribution < 1.29 is 17.9 Å². The molecule has 1 aliphatic heterocycles. The minimum absolute atomic E-state index is 0. The molecule has 0 unspecified atom stereocenters. The number of ether oxygens (including phenoxy) is 1. The summed E-state index contributed by atoms with van der Waals surface area (Å²) in [6.07, 6.45) is 0. The SMILES string of the molecule is CNCCN(C)C(=O)c1cccc(S(=O)(=O)N2CCOCC2)c1.Cl. The van der Waals surface area contributed by atoms with Gasteiger partial charge in [-0.05, 0) is 25.2 Å². The molecule has 0 aromatic heterocycles. The summed E-state index contributed by atoms with van der Waals surface area (Å²) in [6.45, 7) is 2.68. The van der Waals surface area contributed by atoms with E-state index < -0.39 is 10.0 Å². The van der Waals surface area contributed by atoms with Crippen LogP contribution in [0.4, 0.5) is 0 Å². The summed E-state index contributed by atoms with van der Waals surface area (Å²) in [5, 5.41) is 2.98. The van der Waals surface area contributed by atoms with Gasteiger partial charge < -0.3 is 15.0 Å². The van der Waals surface area contributed by atoms with E-state index in [0.717, 1.165) is 0 Å². The van der Waals surface area contributed by atoms with Crippen LogP contribution in [0.1, 0.15) is 10.4 Å². The second-order valence-electron chi connectivity index (χ2n) is 5.37. The Hall–Kier alpha value is -1.19. The molecule has 136 valence electrons. The van der Waals surface area contributed by atoms with E-state index in [2.05, 4.69) is 5.32 Å². The highest BCUT2D eigenvalue weighted by molar-refractivity contribution is 7.89. The third-order valence-electron chi connectivity index (χ3n) is 3.73. The number of carbonyl (C=O) groups is 1. The van der Waals surface area contributed by atoms with E-state index in [1.165, 1.54) is 16.4 Å². The number of nitrogens with zero attached hydrogens (tertiary/aromatic N) is 2. The molecule has 0 spiro atoms. The van der Waals surface area contributed by atoms with Crippen LogP contribution in [0, 0.1) is 0 Å². The Morgan fingerprint density at radius 3 is 2.62 bits per heavy atom. The quantitative estimate of drug-likeness (QED) is 0.777. The van der Waals surface area contributed by atoms with Crippen LogP contribution in [-0.2, 0) is 14.8 Å². The second-order valence-corrected chi connectivity index (χ2v) is 7.31. The molecule has 0 saturated carbocycles. The highest BCUT2D eigenvalue weighted by Crippen LogP contribution is 2.19. The van der Waals surface area contributed by atoms with Gasteiger partial charge in [-0.1, -0.05) is 6.07 Å². The fourth-order valence-electron chi connectivity index (χ4n) is 2.33. The third-order valence-corrected chi connectivity index (χ3v) is 5.63.